The molecule has 1 atom stereocenters. The van der Waals surface area contributed by atoms with Crippen LogP contribution >= 0.6 is 23.1 Å². The molecule has 1 N–H and O–H groups in total. The molecule has 0 saturated heterocycles. The van der Waals surface area contributed by atoms with E-state index in [1.807, 2.05) is 11.3 Å². The number of nitrogens with zero attached hydrogens (tertiary/aromatic N) is 1. The third-order valence-electron chi connectivity index (χ3n) is 4.23. The van der Waals surface area contributed by atoms with Crippen molar-refractivity contribution < 1.29 is 0 Å². The average molecular weight is 327 g/mol. The maximum absolute atomic E-state index is 4.83. The molecular weight excluding hydrogens is 296 g/mol. The zero-order chi connectivity index (χ0) is 15.3. The molecular formula is C17H30N2S2. The van der Waals surface area contributed by atoms with Crippen LogP contribution in [0.5, 0.6) is 0 Å². The van der Waals surface area contributed by atoms with E-state index in [1.165, 1.54) is 48.6 Å². The smallest absolute Gasteiger partial charge is 0.0944 e. The van der Waals surface area contributed by atoms with Crippen LogP contribution in [0.4, 0.5) is 0 Å². The van der Waals surface area contributed by atoms with Gasteiger partial charge in [0.25, 0.3) is 0 Å². The first-order valence-corrected chi connectivity index (χ1v) is 10.2. The van der Waals surface area contributed by atoms with E-state index in [1.54, 1.807) is 0 Å². The molecule has 1 aliphatic carbocycles. The standard InChI is InChI=1S/C17H30N2S2/c1-17(2,3)15-12-21-16(19-15)10-13(18-4)11-20-14-8-6-5-7-9-14/h12-14,18H,5-11H2,1-4H3. The van der Waals surface area contributed by atoms with Crippen LogP contribution in [0.2, 0.25) is 0 Å². The molecule has 1 aromatic heterocycles. The second kappa shape index (κ2) is 7.98. The van der Waals surface area contributed by atoms with Gasteiger partial charge in [0.1, 0.15) is 0 Å². The summed E-state index contributed by atoms with van der Waals surface area (Å²) in [6.07, 6.45) is 8.23. The molecule has 0 aromatic carbocycles. The Hall–Kier alpha value is -0.0600. The molecule has 1 saturated carbocycles. The highest BCUT2D eigenvalue weighted by molar-refractivity contribution is 7.99. The van der Waals surface area contributed by atoms with E-state index in [0.29, 0.717) is 6.04 Å². The Labute approximate surface area is 138 Å². The van der Waals surface area contributed by atoms with E-state index < -0.39 is 0 Å². The quantitative estimate of drug-likeness (QED) is 0.824. The Morgan fingerprint density at radius 3 is 2.62 bits per heavy atom. The molecule has 1 unspecified atom stereocenters. The summed E-state index contributed by atoms with van der Waals surface area (Å²) >= 11 is 4.00. The first-order chi connectivity index (χ1) is 9.99. The van der Waals surface area contributed by atoms with Crippen LogP contribution in [0.3, 0.4) is 0 Å². The normalized spacial score (nSPS) is 18.9. The van der Waals surface area contributed by atoms with Crippen LogP contribution in [0, 0.1) is 0 Å². The molecule has 2 rings (SSSR count). The van der Waals surface area contributed by atoms with Gasteiger partial charge in [-0.25, -0.2) is 4.98 Å². The minimum absolute atomic E-state index is 0.167. The molecule has 4 heteroatoms. The molecule has 0 bridgehead atoms. The van der Waals surface area contributed by atoms with Gasteiger partial charge in [-0.3, -0.25) is 0 Å². The van der Waals surface area contributed by atoms with Crippen LogP contribution < -0.4 is 5.32 Å². The molecule has 21 heavy (non-hydrogen) atoms. The lowest BCUT2D eigenvalue weighted by atomic mass is 9.93. The SMILES string of the molecule is CNC(CSC1CCCCC1)Cc1nc(C(C)(C)C)cs1. The van der Waals surface area contributed by atoms with Crippen LogP contribution in [0.15, 0.2) is 5.38 Å². The van der Waals surface area contributed by atoms with Crippen molar-refractivity contribution in [2.75, 3.05) is 12.8 Å². The zero-order valence-electron chi connectivity index (χ0n) is 13.9. The van der Waals surface area contributed by atoms with Crippen molar-refractivity contribution in [3.05, 3.63) is 16.1 Å². The summed E-state index contributed by atoms with van der Waals surface area (Å²) in [5.41, 5.74) is 1.40. The highest BCUT2D eigenvalue weighted by Gasteiger charge is 2.20. The number of aromatic nitrogens is 1. The lowest BCUT2D eigenvalue weighted by molar-refractivity contribution is 0.514. The van der Waals surface area contributed by atoms with E-state index in [4.69, 9.17) is 4.98 Å². The second-order valence-electron chi connectivity index (χ2n) is 7.16. The van der Waals surface area contributed by atoms with Gasteiger partial charge in [0, 0.05) is 34.3 Å². The van der Waals surface area contributed by atoms with E-state index >= 15 is 0 Å². The Kier molecular flexibility index (Phi) is 6.57. The van der Waals surface area contributed by atoms with Crippen LogP contribution in [-0.2, 0) is 11.8 Å². The van der Waals surface area contributed by atoms with E-state index in [9.17, 15) is 0 Å². The van der Waals surface area contributed by atoms with Crippen molar-refractivity contribution in [2.24, 2.45) is 0 Å². The van der Waals surface area contributed by atoms with Crippen molar-refractivity contribution in [2.45, 2.75) is 76.0 Å². The largest absolute Gasteiger partial charge is 0.316 e. The Morgan fingerprint density at radius 2 is 2.05 bits per heavy atom. The van der Waals surface area contributed by atoms with Crippen molar-refractivity contribution in [3.8, 4) is 0 Å². The van der Waals surface area contributed by atoms with Crippen LogP contribution in [0.25, 0.3) is 0 Å². The number of thiazole rings is 1. The van der Waals surface area contributed by atoms with Gasteiger partial charge >= 0.3 is 0 Å². The minimum atomic E-state index is 0.167. The Balaban J connectivity index is 1.82. The summed E-state index contributed by atoms with van der Waals surface area (Å²) in [5.74, 6) is 1.21. The van der Waals surface area contributed by atoms with Gasteiger partial charge in [-0.1, -0.05) is 40.0 Å². The summed E-state index contributed by atoms with van der Waals surface area (Å²) in [5, 5.41) is 7.90. The number of likely N-dealkylation sites (N-methyl/N-ethyl adjacent to an activating group) is 1. The summed E-state index contributed by atoms with van der Waals surface area (Å²) in [6, 6.07) is 0.552. The molecule has 0 amide bonds. The molecule has 1 heterocycles. The summed E-state index contributed by atoms with van der Waals surface area (Å²) in [6.45, 7) is 6.71. The molecule has 0 spiro atoms. The van der Waals surface area contributed by atoms with Gasteiger partial charge in [0.05, 0.1) is 10.7 Å². The first kappa shape index (κ1) is 17.3. The molecule has 1 aliphatic rings. The topological polar surface area (TPSA) is 24.9 Å². The predicted octanol–water partition coefficient (Wildman–Crippen LogP) is 4.64. The number of hydrogen-bond acceptors (Lipinski definition) is 4. The fraction of sp³-hybridized carbons (Fsp3) is 0.824. The van der Waals surface area contributed by atoms with Crippen molar-refractivity contribution in [1.29, 1.82) is 0 Å². The summed E-state index contributed by atoms with van der Waals surface area (Å²) in [4.78, 5) is 4.83. The van der Waals surface area contributed by atoms with Gasteiger partial charge in [-0.05, 0) is 19.9 Å². The van der Waals surface area contributed by atoms with E-state index in [-0.39, 0.29) is 5.41 Å². The maximum atomic E-state index is 4.83. The summed E-state index contributed by atoms with van der Waals surface area (Å²) < 4.78 is 0. The minimum Gasteiger partial charge on any atom is -0.316 e. The van der Waals surface area contributed by atoms with Gasteiger partial charge in [-0.15, -0.1) is 11.3 Å². The third kappa shape index (κ3) is 5.57. The molecule has 1 aromatic rings. The molecule has 0 radical (unpaired) electrons. The lowest BCUT2D eigenvalue weighted by Crippen LogP contribution is -2.31. The van der Waals surface area contributed by atoms with Gasteiger partial charge in [-0.2, -0.15) is 11.8 Å². The lowest BCUT2D eigenvalue weighted by Gasteiger charge is -2.23. The van der Waals surface area contributed by atoms with Gasteiger partial charge < -0.3 is 5.32 Å². The number of hydrogen-bond donors (Lipinski definition) is 1. The van der Waals surface area contributed by atoms with E-state index in [2.05, 4.69) is 50.3 Å². The first-order valence-electron chi connectivity index (χ1n) is 8.23. The highest BCUT2D eigenvalue weighted by atomic mass is 32.2. The molecule has 1 fully saturated rings. The molecule has 2 nitrogen and oxygen atoms in total. The zero-order valence-corrected chi connectivity index (χ0v) is 15.6. The van der Waals surface area contributed by atoms with Crippen LogP contribution in [0.1, 0.15) is 63.6 Å². The van der Waals surface area contributed by atoms with Crippen LogP contribution in [-0.4, -0.2) is 29.1 Å². The number of nitrogens with one attached hydrogen (secondary N) is 1. The number of thioether (sulfide) groups is 1. The third-order valence-corrected chi connectivity index (χ3v) is 6.64. The number of rotatable bonds is 6. The molecule has 120 valence electrons. The monoisotopic (exact) mass is 326 g/mol. The second-order valence-corrected chi connectivity index (χ2v) is 9.44. The predicted molar refractivity (Wildman–Crippen MR) is 96.7 cm³/mol. The molecule has 0 aliphatic heterocycles. The van der Waals surface area contributed by atoms with Gasteiger partial charge in [0.15, 0.2) is 0 Å². The van der Waals surface area contributed by atoms with Crippen molar-refractivity contribution in [1.82, 2.24) is 10.3 Å². The highest BCUT2D eigenvalue weighted by Crippen LogP contribution is 2.29. The fourth-order valence-electron chi connectivity index (χ4n) is 2.69. The maximum Gasteiger partial charge on any atom is 0.0944 e. The van der Waals surface area contributed by atoms with Gasteiger partial charge in [0.2, 0.25) is 0 Å². The summed E-state index contributed by atoms with van der Waals surface area (Å²) in [7, 11) is 2.09. The fourth-order valence-corrected chi connectivity index (χ4v) is 5.25. The van der Waals surface area contributed by atoms with Crippen molar-refractivity contribution >= 4 is 23.1 Å². The van der Waals surface area contributed by atoms with E-state index in [0.717, 1.165) is 11.7 Å². The Bertz CT molecular complexity index is 417. The average Bonchev–Trinajstić information content (AvgIpc) is 2.93. The Morgan fingerprint density at radius 1 is 1.33 bits per heavy atom. The van der Waals surface area contributed by atoms with Crippen molar-refractivity contribution in [3.63, 3.8) is 0 Å².